The maximum atomic E-state index is 13.6. The van der Waals surface area contributed by atoms with Gasteiger partial charge in [0, 0.05) is 19.7 Å². The molecule has 1 aromatic rings. The summed E-state index contributed by atoms with van der Waals surface area (Å²) in [4.78, 5) is 1.14. The lowest BCUT2D eigenvalue weighted by molar-refractivity contribution is 0.263. The Kier molecular flexibility index (Phi) is 3.93. The predicted octanol–water partition coefficient (Wildman–Crippen LogP) is 2.59. The second kappa shape index (κ2) is 5.32. The molecule has 1 saturated heterocycles. The minimum absolute atomic E-state index is 0.0139. The van der Waals surface area contributed by atoms with Crippen molar-refractivity contribution in [2.45, 2.75) is 12.8 Å². The predicted molar refractivity (Wildman–Crippen MR) is 58.3 cm³/mol. The molecule has 0 bridgehead atoms. The number of hydrogen-bond donors (Lipinski definition) is 1. The van der Waals surface area contributed by atoms with Crippen molar-refractivity contribution in [3.8, 4) is 0 Å². The zero-order chi connectivity index (χ0) is 14.2. The van der Waals surface area contributed by atoms with E-state index < -0.39 is 34.8 Å². The molecule has 1 aliphatic rings. The van der Waals surface area contributed by atoms with Crippen LogP contribution in [-0.2, 0) is 0 Å². The van der Waals surface area contributed by atoms with Crippen LogP contribution in [-0.4, -0.2) is 24.8 Å². The van der Waals surface area contributed by atoms with Gasteiger partial charge in [-0.2, -0.15) is 0 Å². The molecular formula is C12H12F5NO. The van der Waals surface area contributed by atoms with Crippen molar-refractivity contribution in [1.82, 2.24) is 0 Å². The van der Waals surface area contributed by atoms with Crippen molar-refractivity contribution in [1.29, 1.82) is 0 Å². The van der Waals surface area contributed by atoms with Gasteiger partial charge in [-0.25, -0.2) is 22.0 Å². The first-order valence-corrected chi connectivity index (χ1v) is 5.84. The second-order valence-corrected chi connectivity index (χ2v) is 4.53. The molecular weight excluding hydrogens is 269 g/mol. The molecule has 7 heteroatoms. The van der Waals surface area contributed by atoms with E-state index in [2.05, 4.69) is 0 Å². The number of benzene rings is 1. The third-order valence-corrected chi connectivity index (χ3v) is 3.33. The van der Waals surface area contributed by atoms with Crippen LogP contribution in [0.25, 0.3) is 0 Å². The number of aliphatic hydroxyl groups is 1. The summed E-state index contributed by atoms with van der Waals surface area (Å²) in [6.45, 7) is 0.289. The van der Waals surface area contributed by atoms with E-state index in [1.165, 1.54) is 0 Å². The Morgan fingerprint density at radius 1 is 0.947 bits per heavy atom. The highest BCUT2D eigenvalue weighted by atomic mass is 19.2. The highest BCUT2D eigenvalue weighted by molar-refractivity contribution is 5.51. The normalized spacial score (nSPS) is 19.3. The standard InChI is InChI=1S/C12H12F5NO/c13-7-8(14)10(16)12(11(17)9(7)15)18-3-1-6(5-18)2-4-19/h6,19H,1-5H2. The number of halogens is 5. The first-order valence-electron chi connectivity index (χ1n) is 5.84. The zero-order valence-electron chi connectivity index (χ0n) is 9.90. The molecule has 1 unspecified atom stereocenters. The molecule has 0 spiro atoms. The second-order valence-electron chi connectivity index (χ2n) is 4.53. The average Bonchev–Trinajstić information content (AvgIpc) is 2.83. The van der Waals surface area contributed by atoms with E-state index in [0.29, 0.717) is 12.8 Å². The van der Waals surface area contributed by atoms with E-state index in [-0.39, 0.29) is 25.6 Å². The maximum absolute atomic E-state index is 13.6. The lowest BCUT2D eigenvalue weighted by atomic mass is 10.1. The SMILES string of the molecule is OCCC1CCN(c2c(F)c(F)c(F)c(F)c2F)C1. The fourth-order valence-electron chi connectivity index (χ4n) is 2.32. The van der Waals surface area contributed by atoms with Gasteiger partial charge in [-0.05, 0) is 18.8 Å². The van der Waals surface area contributed by atoms with Gasteiger partial charge in [0.2, 0.25) is 5.82 Å². The van der Waals surface area contributed by atoms with Crippen molar-refractivity contribution < 1.29 is 27.1 Å². The lowest BCUT2D eigenvalue weighted by Crippen LogP contribution is -2.24. The highest BCUT2D eigenvalue weighted by Gasteiger charge is 2.32. The van der Waals surface area contributed by atoms with Gasteiger partial charge in [0.25, 0.3) is 0 Å². The third-order valence-electron chi connectivity index (χ3n) is 3.33. The van der Waals surface area contributed by atoms with Crippen molar-refractivity contribution in [2.24, 2.45) is 5.92 Å². The summed E-state index contributed by atoms with van der Waals surface area (Å²) in [5.74, 6) is -9.63. The van der Waals surface area contributed by atoms with Gasteiger partial charge in [-0.15, -0.1) is 0 Å². The summed E-state index contributed by atoms with van der Waals surface area (Å²) in [7, 11) is 0. The summed E-state index contributed by atoms with van der Waals surface area (Å²) in [6, 6.07) is 0. The Labute approximate surface area is 106 Å². The zero-order valence-corrected chi connectivity index (χ0v) is 9.90. The Morgan fingerprint density at radius 2 is 1.47 bits per heavy atom. The molecule has 1 atom stereocenters. The number of rotatable bonds is 3. The highest BCUT2D eigenvalue weighted by Crippen LogP contribution is 2.33. The fraction of sp³-hybridized carbons (Fsp3) is 0.500. The molecule has 2 rings (SSSR count). The van der Waals surface area contributed by atoms with Crippen LogP contribution in [0.1, 0.15) is 12.8 Å². The van der Waals surface area contributed by atoms with Gasteiger partial charge in [-0.3, -0.25) is 0 Å². The fourth-order valence-corrected chi connectivity index (χ4v) is 2.32. The van der Waals surface area contributed by atoms with Crippen LogP contribution in [0.4, 0.5) is 27.6 Å². The molecule has 1 N–H and O–H groups in total. The summed E-state index contributed by atoms with van der Waals surface area (Å²) in [5, 5.41) is 8.78. The molecule has 1 aromatic carbocycles. The van der Waals surface area contributed by atoms with E-state index in [9.17, 15) is 22.0 Å². The molecule has 106 valence electrons. The Morgan fingerprint density at radius 3 is 2.00 bits per heavy atom. The van der Waals surface area contributed by atoms with Crippen LogP contribution in [0.15, 0.2) is 0 Å². The third kappa shape index (κ3) is 2.39. The van der Waals surface area contributed by atoms with Gasteiger partial charge in [0.15, 0.2) is 23.3 Å². The average molecular weight is 281 g/mol. The molecule has 2 nitrogen and oxygen atoms in total. The maximum Gasteiger partial charge on any atom is 0.200 e. The first kappa shape index (κ1) is 14.0. The molecule has 19 heavy (non-hydrogen) atoms. The Bertz CT molecular complexity index is 464. The number of anilines is 1. The Balaban J connectivity index is 2.36. The molecule has 1 fully saturated rings. The molecule has 0 aliphatic carbocycles. The van der Waals surface area contributed by atoms with Gasteiger partial charge in [-0.1, -0.05) is 0 Å². The van der Waals surface area contributed by atoms with Crippen LogP contribution in [0.5, 0.6) is 0 Å². The van der Waals surface area contributed by atoms with E-state index in [4.69, 9.17) is 5.11 Å². The van der Waals surface area contributed by atoms with Gasteiger partial charge >= 0.3 is 0 Å². The minimum atomic E-state index is -2.15. The van der Waals surface area contributed by atoms with Crippen molar-refractivity contribution in [3.63, 3.8) is 0 Å². The smallest absolute Gasteiger partial charge is 0.200 e. The first-order chi connectivity index (χ1) is 8.97. The van der Waals surface area contributed by atoms with E-state index in [1.54, 1.807) is 0 Å². The monoisotopic (exact) mass is 281 g/mol. The van der Waals surface area contributed by atoms with Gasteiger partial charge in [0.05, 0.1) is 0 Å². The number of hydrogen-bond acceptors (Lipinski definition) is 2. The number of aliphatic hydroxyl groups excluding tert-OH is 1. The van der Waals surface area contributed by atoms with E-state index in [1.807, 2.05) is 0 Å². The topological polar surface area (TPSA) is 23.5 Å². The molecule has 1 heterocycles. The van der Waals surface area contributed by atoms with Crippen LogP contribution >= 0.6 is 0 Å². The number of nitrogens with zero attached hydrogens (tertiary/aromatic N) is 1. The van der Waals surface area contributed by atoms with Crippen LogP contribution in [0.3, 0.4) is 0 Å². The van der Waals surface area contributed by atoms with E-state index >= 15 is 0 Å². The lowest BCUT2D eigenvalue weighted by Gasteiger charge is -2.20. The summed E-state index contributed by atoms with van der Waals surface area (Å²) in [5.41, 5.74) is -0.878. The van der Waals surface area contributed by atoms with Gasteiger partial charge < -0.3 is 10.0 Å². The summed E-state index contributed by atoms with van der Waals surface area (Å²) >= 11 is 0. The van der Waals surface area contributed by atoms with Crippen molar-refractivity contribution >= 4 is 5.69 Å². The van der Waals surface area contributed by atoms with Crippen LogP contribution in [0, 0.1) is 35.0 Å². The van der Waals surface area contributed by atoms with E-state index in [0.717, 1.165) is 4.90 Å². The largest absolute Gasteiger partial charge is 0.396 e. The summed E-state index contributed by atoms with van der Waals surface area (Å²) in [6.07, 6.45) is 0.978. The van der Waals surface area contributed by atoms with Crippen molar-refractivity contribution in [3.05, 3.63) is 29.1 Å². The Hall–Kier alpha value is -1.37. The quantitative estimate of drug-likeness (QED) is 0.523. The van der Waals surface area contributed by atoms with Crippen LogP contribution < -0.4 is 4.90 Å². The van der Waals surface area contributed by atoms with Crippen LogP contribution in [0.2, 0.25) is 0 Å². The van der Waals surface area contributed by atoms with Gasteiger partial charge in [0.1, 0.15) is 5.69 Å². The molecule has 0 radical (unpaired) electrons. The van der Waals surface area contributed by atoms with Crippen molar-refractivity contribution in [2.75, 3.05) is 24.6 Å². The molecule has 0 amide bonds. The minimum Gasteiger partial charge on any atom is -0.396 e. The molecule has 0 saturated carbocycles. The molecule has 1 aliphatic heterocycles. The molecule has 0 aromatic heterocycles. The summed E-state index contributed by atoms with van der Waals surface area (Å²) < 4.78 is 66.2.